The van der Waals surface area contributed by atoms with Crippen molar-refractivity contribution < 1.29 is 4.39 Å². The fraction of sp³-hybridized carbons (Fsp3) is 0.286. The van der Waals surface area contributed by atoms with Gasteiger partial charge in [-0.05, 0) is 32.0 Å². The first-order valence-corrected chi connectivity index (χ1v) is 6.18. The van der Waals surface area contributed by atoms with Crippen molar-refractivity contribution >= 4 is 17.3 Å². The zero-order valence-electron chi connectivity index (χ0n) is 11.3. The van der Waals surface area contributed by atoms with Crippen molar-refractivity contribution in [3.8, 4) is 0 Å². The largest absolute Gasteiger partial charge is 0.370 e. The molecule has 0 aliphatic rings. The molecule has 1 N–H and O–H groups in total. The highest BCUT2D eigenvalue weighted by molar-refractivity contribution is 5.66. The van der Waals surface area contributed by atoms with Gasteiger partial charge >= 0.3 is 0 Å². The van der Waals surface area contributed by atoms with E-state index in [1.807, 2.05) is 31.9 Å². The molecular formula is C14H17FN4. The zero-order valence-corrected chi connectivity index (χ0v) is 11.3. The SMILES string of the molecule is CCNc1ncnc(N(C)c2cccc(F)c2)c1C. The number of halogens is 1. The Balaban J connectivity index is 2.38. The maximum atomic E-state index is 13.3. The van der Waals surface area contributed by atoms with Crippen molar-refractivity contribution in [1.82, 2.24) is 9.97 Å². The van der Waals surface area contributed by atoms with Crippen LogP contribution in [0.4, 0.5) is 21.7 Å². The lowest BCUT2D eigenvalue weighted by atomic mass is 10.2. The molecule has 0 fully saturated rings. The predicted octanol–water partition coefficient (Wildman–Crippen LogP) is 3.12. The van der Waals surface area contributed by atoms with E-state index in [9.17, 15) is 4.39 Å². The molecule has 19 heavy (non-hydrogen) atoms. The van der Waals surface area contributed by atoms with Crippen LogP contribution >= 0.6 is 0 Å². The minimum Gasteiger partial charge on any atom is -0.370 e. The molecule has 1 aromatic carbocycles. The van der Waals surface area contributed by atoms with Crippen LogP contribution in [-0.2, 0) is 0 Å². The summed E-state index contributed by atoms with van der Waals surface area (Å²) in [6.07, 6.45) is 1.51. The van der Waals surface area contributed by atoms with Crippen LogP contribution in [0.1, 0.15) is 12.5 Å². The maximum Gasteiger partial charge on any atom is 0.141 e. The van der Waals surface area contributed by atoms with Crippen LogP contribution < -0.4 is 10.2 Å². The van der Waals surface area contributed by atoms with Crippen molar-refractivity contribution in [3.63, 3.8) is 0 Å². The average Bonchev–Trinajstić information content (AvgIpc) is 2.41. The Labute approximate surface area is 112 Å². The Hall–Kier alpha value is -2.17. The number of nitrogens with one attached hydrogen (secondary N) is 1. The van der Waals surface area contributed by atoms with Gasteiger partial charge in [-0.15, -0.1) is 0 Å². The second-order valence-corrected chi connectivity index (χ2v) is 4.24. The van der Waals surface area contributed by atoms with Crippen molar-refractivity contribution in [2.75, 3.05) is 23.8 Å². The summed E-state index contributed by atoms with van der Waals surface area (Å²) in [5, 5.41) is 3.18. The third kappa shape index (κ3) is 2.81. The number of hydrogen-bond donors (Lipinski definition) is 1. The van der Waals surface area contributed by atoms with E-state index >= 15 is 0 Å². The third-order valence-electron chi connectivity index (χ3n) is 2.91. The molecule has 5 heteroatoms. The number of hydrogen-bond acceptors (Lipinski definition) is 4. The van der Waals surface area contributed by atoms with Gasteiger partial charge in [0.1, 0.15) is 23.8 Å². The minimum absolute atomic E-state index is 0.261. The minimum atomic E-state index is -0.261. The van der Waals surface area contributed by atoms with Gasteiger partial charge < -0.3 is 10.2 Å². The van der Waals surface area contributed by atoms with Crippen LogP contribution in [0.15, 0.2) is 30.6 Å². The highest BCUT2D eigenvalue weighted by Gasteiger charge is 2.12. The molecule has 0 saturated carbocycles. The fourth-order valence-electron chi connectivity index (χ4n) is 1.93. The van der Waals surface area contributed by atoms with Gasteiger partial charge in [0.25, 0.3) is 0 Å². The van der Waals surface area contributed by atoms with E-state index in [4.69, 9.17) is 0 Å². The molecule has 0 aliphatic carbocycles. The van der Waals surface area contributed by atoms with Crippen molar-refractivity contribution in [2.24, 2.45) is 0 Å². The van der Waals surface area contributed by atoms with E-state index in [0.717, 1.165) is 29.4 Å². The molecule has 100 valence electrons. The van der Waals surface area contributed by atoms with Crippen molar-refractivity contribution in [2.45, 2.75) is 13.8 Å². The molecule has 0 unspecified atom stereocenters. The lowest BCUT2D eigenvalue weighted by molar-refractivity contribution is 0.628. The Morgan fingerprint density at radius 2 is 2.11 bits per heavy atom. The van der Waals surface area contributed by atoms with Crippen LogP contribution in [0.3, 0.4) is 0 Å². The molecule has 0 radical (unpaired) electrons. The summed E-state index contributed by atoms with van der Waals surface area (Å²) in [6.45, 7) is 4.75. The summed E-state index contributed by atoms with van der Waals surface area (Å²) >= 11 is 0. The molecule has 0 saturated heterocycles. The molecule has 2 aromatic rings. The van der Waals surface area contributed by atoms with Crippen LogP contribution in [0.5, 0.6) is 0 Å². The third-order valence-corrected chi connectivity index (χ3v) is 2.91. The van der Waals surface area contributed by atoms with Crippen LogP contribution in [-0.4, -0.2) is 23.6 Å². The van der Waals surface area contributed by atoms with Gasteiger partial charge in [0.05, 0.1) is 0 Å². The summed E-state index contributed by atoms with van der Waals surface area (Å²) < 4.78 is 13.3. The Morgan fingerprint density at radius 1 is 1.32 bits per heavy atom. The van der Waals surface area contributed by atoms with Gasteiger partial charge in [-0.25, -0.2) is 14.4 Å². The molecule has 0 atom stereocenters. The Kier molecular flexibility index (Phi) is 3.94. The molecule has 0 amide bonds. The van der Waals surface area contributed by atoms with E-state index < -0.39 is 0 Å². The van der Waals surface area contributed by atoms with E-state index in [1.165, 1.54) is 18.5 Å². The maximum absolute atomic E-state index is 13.3. The smallest absolute Gasteiger partial charge is 0.141 e. The highest BCUT2D eigenvalue weighted by atomic mass is 19.1. The highest BCUT2D eigenvalue weighted by Crippen LogP contribution is 2.27. The van der Waals surface area contributed by atoms with Gasteiger partial charge in [0.2, 0.25) is 0 Å². The van der Waals surface area contributed by atoms with Gasteiger partial charge in [-0.3, -0.25) is 0 Å². The summed E-state index contributed by atoms with van der Waals surface area (Å²) in [5.74, 6) is 1.30. The normalized spacial score (nSPS) is 10.3. The first kappa shape index (κ1) is 13.3. The molecule has 0 spiro atoms. The summed E-state index contributed by atoms with van der Waals surface area (Å²) in [7, 11) is 1.86. The number of benzene rings is 1. The van der Waals surface area contributed by atoms with Gasteiger partial charge in [-0.1, -0.05) is 6.07 Å². The number of aromatic nitrogens is 2. The fourth-order valence-corrected chi connectivity index (χ4v) is 1.93. The van der Waals surface area contributed by atoms with Gasteiger partial charge in [0, 0.05) is 24.8 Å². The van der Waals surface area contributed by atoms with Crippen molar-refractivity contribution in [1.29, 1.82) is 0 Å². The molecular weight excluding hydrogens is 243 g/mol. The summed E-state index contributed by atoms with van der Waals surface area (Å²) in [4.78, 5) is 10.3. The molecule has 4 nitrogen and oxygen atoms in total. The molecule has 0 aliphatic heterocycles. The Morgan fingerprint density at radius 3 is 2.79 bits per heavy atom. The summed E-state index contributed by atoms with van der Waals surface area (Å²) in [6, 6.07) is 6.43. The number of anilines is 3. The van der Waals surface area contributed by atoms with E-state index in [-0.39, 0.29) is 5.82 Å². The monoisotopic (exact) mass is 260 g/mol. The van der Waals surface area contributed by atoms with Gasteiger partial charge in [0.15, 0.2) is 0 Å². The first-order valence-electron chi connectivity index (χ1n) is 6.18. The van der Waals surface area contributed by atoms with E-state index in [2.05, 4.69) is 15.3 Å². The zero-order chi connectivity index (χ0) is 13.8. The van der Waals surface area contributed by atoms with Crippen LogP contribution in [0.25, 0.3) is 0 Å². The molecule has 1 aromatic heterocycles. The molecule has 0 bridgehead atoms. The van der Waals surface area contributed by atoms with E-state index in [1.54, 1.807) is 6.07 Å². The molecule has 2 rings (SSSR count). The second-order valence-electron chi connectivity index (χ2n) is 4.24. The van der Waals surface area contributed by atoms with Gasteiger partial charge in [-0.2, -0.15) is 0 Å². The number of rotatable bonds is 4. The first-order chi connectivity index (χ1) is 9.13. The average molecular weight is 260 g/mol. The summed E-state index contributed by atoms with van der Waals surface area (Å²) in [5.41, 5.74) is 1.69. The number of nitrogens with zero attached hydrogens (tertiary/aromatic N) is 3. The van der Waals surface area contributed by atoms with Crippen molar-refractivity contribution in [3.05, 3.63) is 42.0 Å². The lowest BCUT2D eigenvalue weighted by Crippen LogP contribution is -2.15. The van der Waals surface area contributed by atoms with Crippen LogP contribution in [0.2, 0.25) is 0 Å². The lowest BCUT2D eigenvalue weighted by Gasteiger charge is -2.21. The second kappa shape index (κ2) is 5.65. The predicted molar refractivity (Wildman–Crippen MR) is 75.4 cm³/mol. The Bertz CT molecular complexity index is 571. The topological polar surface area (TPSA) is 41.1 Å². The van der Waals surface area contributed by atoms with E-state index in [0.29, 0.717) is 0 Å². The van der Waals surface area contributed by atoms with Crippen LogP contribution in [0, 0.1) is 12.7 Å². The quantitative estimate of drug-likeness (QED) is 0.917. The molecule has 1 heterocycles. The standard InChI is InChI=1S/C14H17FN4/c1-4-16-13-10(2)14(18-9-17-13)19(3)12-7-5-6-11(15)8-12/h5-9H,4H2,1-3H3,(H,16,17,18).